The summed E-state index contributed by atoms with van der Waals surface area (Å²) in [5, 5.41) is 0. The van der Waals surface area contributed by atoms with Crippen LogP contribution in [0.4, 0.5) is 0 Å². The lowest BCUT2D eigenvalue weighted by Gasteiger charge is -2.23. The van der Waals surface area contributed by atoms with Gasteiger partial charge in [0.1, 0.15) is 11.5 Å². The van der Waals surface area contributed by atoms with Gasteiger partial charge in [-0.3, -0.25) is 4.79 Å². The fourth-order valence-electron chi connectivity index (χ4n) is 2.51. The minimum atomic E-state index is -3.08. The molecule has 1 aliphatic heterocycles. The summed E-state index contributed by atoms with van der Waals surface area (Å²) in [7, 11) is -1.57. The molecule has 1 heterocycles. The van der Waals surface area contributed by atoms with Crippen molar-refractivity contribution in [2.45, 2.75) is 19.4 Å². The van der Waals surface area contributed by atoms with Crippen LogP contribution in [0.2, 0.25) is 0 Å². The van der Waals surface area contributed by atoms with Crippen molar-refractivity contribution in [3.63, 3.8) is 0 Å². The summed E-state index contributed by atoms with van der Waals surface area (Å²) < 4.78 is 38.4. The van der Waals surface area contributed by atoms with Crippen molar-refractivity contribution in [3.8, 4) is 11.5 Å². The van der Waals surface area contributed by atoms with E-state index in [2.05, 4.69) is 0 Å². The van der Waals surface area contributed by atoms with Crippen LogP contribution in [0.15, 0.2) is 24.3 Å². The summed E-state index contributed by atoms with van der Waals surface area (Å²) in [6.45, 7) is 1.66. The summed E-state index contributed by atoms with van der Waals surface area (Å²) in [6, 6.07) is 6.40. The molecule has 1 fully saturated rings. The monoisotopic (exact) mass is 385 g/mol. The summed E-state index contributed by atoms with van der Waals surface area (Å²) in [6.07, 6.45) is 0.402. The van der Waals surface area contributed by atoms with Crippen molar-refractivity contribution in [1.29, 1.82) is 0 Å². The number of hydrogen-bond donors (Lipinski definition) is 0. The molecule has 1 aromatic rings. The Kier molecular flexibility index (Phi) is 6.84. The van der Waals surface area contributed by atoms with Crippen LogP contribution in [0.3, 0.4) is 0 Å². The zero-order valence-electron chi connectivity index (χ0n) is 14.8. The fourth-order valence-corrected chi connectivity index (χ4v) is 4.29. The van der Waals surface area contributed by atoms with Gasteiger partial charge in [-0.15, -0.1) is 0 Å². The van der Waals surface area contributed by atoms with Crippen molar-refractivity contribution in [2.24, 2.45) is 0 Å². The molecule has 0 saturated carbocycles. The smallest absolute Gasteiger partial charge is 0.344 e. The molecule has 9 heteroatoms. The molecule has 0 bridgehead atoms. The number of rotatable bonds is 8. The van der Waals surface area contributed by atoms with Gasteiger partial charge in [-0.05, 0) is 37.6 Å². The quantitative estimate of drug-likeness (QED) is 0.606. The van der Waals surface area contributed by atoms with Crippen LogP contribution in [-0.4, -0.2) is 69.6 Å². The van der Waals surface area contributed by atoms with Crippen molar-refractivity contribution in [1.82, 2.24) is 4.90 Å². The van der Waals surface area contributed by atoms with Crippen LogP contribution in [0.1, 0.15) is 13.3 Å². The lowest BCUT2D eigenvalue weighted by atomic mass is 10.2. The second kappa shape index (κ2) is 8.88. The topological polar surface area (TPSA) is 99.2 Å². The molecule has 1 amide bonds. The van der Waals surface area contributed by atoms with Crippen LogP contribution in [-0.2, 0) is 24.2 Å². The Balaban J connectivity index is 1.71. The van der Waals surface area contributed by atoms with E-state index in [1.54, 1.807) is 24.3 Å². The van der Waals surface area contributed by atoms with E-state index in [1.165, 1.54) is 11.9 Å². The molecule has 0 unspecified atom stereocenters. The Hall–Kier alpha value is -2.29. The van der Waals surface area contributed by atoms with Gasteiger partial charge in [-0.2, -0.15) is 0 Å². The van der Waals surface area contributed by atoms with Crippen molar-refractivity contribution >= 4 is 21.7 Å². The highest BCUT2D eigenvalue weighted by Crippen LogP contribution is 2.18. The van der Waals surface area contributed by atoms with Gasteiger partial charge in [0.2, 0.25) is 0 Å². The molecule has 1 aromatic carbocycles. The summed E-state index contributed by atoms with van der Waals surface area (Å²) in [4.78, 5) is 25.0. The van der Waals surface area contributed by atoms with Crippen molar-refractivity contribution in [3.05, 3.63) is 24.3 Å². The van der Waals surface area contributed by atoms with E-state index in [0.29, 0.717) is 24.5 Å². The van der Waals surface area contributed by atoms with E-state index in [9.17, 15) is 18.0 Å². The molecule has 1 saturated heterocycles. The predicted octanol–water partition coefficient (Wildman–Crippen LogP) is 0.653. The van der Waals surface area contributed by atoms with Crippen molar-refractivity contribution < 1.29 is 32.2 Å². The highest BCUT2D eigenvalue weighted by atomic mass is 32.2. The summed E-state index contributed by atoms with van der Waals surface area (Å²) in [5.41, 5.74) is 0. The van der Waals surface area contributed by atoms with Gasteiger partial charge in [-0.1, -0.05) is 0 Å². The third-order valence-corrected chi connectivity index (χ3v) is 5.75. The van der Waals surface area contributed by atoms with Crippen molar-refractivity contribution in [2.75, 3.05) is 38.4 Å². The molecule has 2 rings (SSSR count). The number of ether oxygens (including phenoxy) is 3. The molecular weight excluding hydrogens is 362 g/mol. The third-order valence-electron chi connectivity index (χ3n) is 4.00. The van der Waals surface area contributed by atoms with E-state index >= 15 is 0 Å². The maximum absolute atomic E-state index is 12.0. The number of sulfone groups is 1. The Bertz CT molecular complexity index is 730. The zero-order chi connectivity index (χ0) is 19.2. The molecule has 0 N–H and O–H groups in total. The highest BCUT2D eigenvalue weighted by Gasteiger charge is 2.32. The van der Waals surface area contributed by atoms with Crippen LogP contribution in [0, 0.1) is 0 Å². The van der Waals surface area contributed by atoms with E-state index in [4.69, 9.17) is 14.2 Å². The molecular formula is C17H23NO7S. The van der Waals surface area contributed by atoms with Gasteiger partial charge < -0.3 is 19.1 Å². The lowest BCUT2D eigenvalue weighted by Crippen LogP contribution is -2.40. The minimum absolute atomic E-state index is 0.0515. The first-order chi connectivity index (χ1) is 12.3. The summed E-state index contributed by atoms with van der Waals surface area (Å²) >= 11 is 0. The second-order valence-corrected chi connectivity index (χ2v) is 8.14. The number of likely N-dealkylation sites (N-methyl/N-ethyl adjacent to an activating group) is 1. The van der Waals surface area contributed by atoms with Gasteiger partial charge in [0.25, 0.3) is 5.91 Å². The largest absolute Gasteiger partial charge is 0.494 e. The van der Waals surface area contributed by atoms with Crippen LogP contribution in [0.5, 0.6) is 11.5 Å². The molecule has 0 radical (unpaired) electrons. The lowest BCUT2D eigenvalue weighted by molar-refractivity contribution is -0.153. The maximum atomic E-state index is 12.0. The van der Waals surface area contributed by atoms with Crippen LogP contribution in [0.25, 0.3) is 0 Å². The number of nitrogens with zero attached hydrogens (tertiary/aromatic N) is 1. The standard InChI is InChI=1S/C17H23NO7S/c1-3-23-14-4-6-15(7-5-14)24-11-17(20)25-10-16(19)18(2)13-8-9-26(21,22)12-13/h4-7,13H,3,8-12H2,1-2H3/t13-/m0/s1. The van der Waals surface area contributed by atoms with Gasteiger partial charge in [0, 0.05) is 13.1 Å². The number of carbonyl (C=O) groups excluding carboxylic acids is 2. The Morgan fingerprint density at radius 2 is 1.73 bits per heavy atom. The zero-order valence-corrected chi connectivity index (χ0v) is 15.7. The Labute approximate surface area is 152 Å². The van der Waals surface area contributed by atoms with E-state index in [-0.39, 0.29) is 24.2 Å². The molecule has 0 spiro atoms. The number of benzene rings is 1. The normalized spacial score (nSPS) is 18.2. The molecule has 1 aliphatic rings. The van der Waals surface area contributed by atoms with Gasteiger partial charge >= 0.3 is 5.97 Å². The second-order valence-electron chi connectivity index (χ2n) is 5.92. The maximum Gasteiger partial charge on any atom is 0.344 e. The molecule has 144 valence electrons. The van der Waals surface area contributed by atoms with Gasteiger partial charge in [0.15, 0.2) is 23.1 Å². The molecule has 26 heavy (non-hydrogen) atoms. The minimum Gasteiger partial charge on any atom is -0.494 e. The molecule has 1 atom stereocenters. The Morgan fingerprint density at radius 1 is 1.12 bits per heavy atom. The highest BCUT2D eigenvalue weighted by molar-refractivity contribution is 7.91. The average Bonchev–Trinajstić information content (AvgIpc) is 2.98. The predicted molar refractivity (Wildman–Crippen MR) is 93.9 cm³/mol. The Morgan fingerprint density at radius 3 is 2.27 bits per heavy atom. The van der Waals surface area contributed by atoms with Gasteiger partial charge in [-0.25, -0.2) is 13.2 Å². The third kappa shape index (κ3) is 5.91. The number of hydrogen-bond acceptors (Lipinski definition) is 7. The first kappa shape index (κ1) is 20.0. The van der Waals surface area contributed by atoms with E-state index in [0.717, 1.165) is 0 Å². The van der Waals surface area contributed by atoms with Gasteiger partial charge in [0.05, 0.1) is 18.1 Å². The molecule has 0 aromatic heterocycles. The van der Waals surface area contributed by atoms with E-state index in [1.807, 2.05) is 6.92 Å². The summed E-state index contributed by atoms with van der Waals surface area (Å²) in [5.74, 6) is 0.0749. The molecule has 8 nitrogen and oxygen atoms in total. The SMILES string of the molecule is CCOc1ccc(OCC(=O)OCC(=O)N(C)[C@H]2CCS(=O)(=O)C2)cc1. The average molecular weight is 385 g/mol. The van der Waals surface area contributed by atoms with E-state index < -0.39 is 28.3 Å². The van der Waals surface area contributed by atoms with Crippen LogP contribution >= 0.6 is 0 Å². The number of esters is 1. The molecule has 0 aliphatic carbocycles. The fraction of sp³-hybridized carbons (Fsp3) is 0.529. The first-order valence-electron chi connectivity index (χ1n) is 8.28. The number of carbonyl (C=O) groups is 2. The van der Waals surface area contributed by atoms with Crippen LogP contribution < -0.4 is 9.47 Å². The number of amides is 1. The first-order valence-corrected chi connectivity index (χ1v) is 10.1.